The number of phenols is 1. The van der Waals surface area contributed by atoms with E-state index in [1.807, 2.05) is 20.8 Å². The van der Waals surface area contributed by atoms with Gasteiger partial charge in [-0.3, -0.25) is 9.69 Å². The molecule has 0 radical (unpaired) electrons. The highest BCUT2D eigenvalue weighted by Gasteiger charge is 2.44. The first kappa shape index (κ1) is 15.3. The molecule has 1 aliphatic rings. The van der Waals surface area contributed by atoms with Crippen LogP contribution in [0.1, 0.15) is 20.8 Å². The maximum atomic E-state index is 12.6. The minimum atomic E-state index is -1.19. The summed E-state index contributed by atoms with van der Waals surface area (Å²) in [6.07, 6.45) is 0. The third kappa shape index (κ3) is 3.00. The predicted molar refractivity (Wildman–Crippen MR) is 78.3 cm³/mol. The summed E-state index contributed by atoms with van der Waals surface area (Å²) in [6.45, 7) is 6.59. The van der Waals surface area contributed by atoms with Gasteiger partial charge in [-0.2, -0.15) is 0 Å². The second-order valence-electron chi connectivity index (χ2n) is 6.11. The van der Waals surface area contributed by atoms with Crippen molar-refractivity contribution in [1.82, 2.24) is 4.90 Å². The van der Waals surface area contributed by atoms with Gasteiger partial charge in [0.1, 0.15) is 5.75 Å². The maximum Gasteiger partial charge on any atom is 0.330 e. The molecule has 1 saturated heterocycles. The van der Waals surface area contributed by atoms with Gasteiger partial charge in [0.2, 0.25) is 0 Å². The average Bonchev–Trinajstić information content (AvgIpc) is 2.38. The zero-order valence-corrected chi connectivity index (χ0v) is 12.4. The van der Waals surface area contributed by atoms with Crippen molar-refractivity contribution < 1.29 is 19.8 Å². The zero-order valence-electron chi connectivity index (χ0n) is 12.4. The number of piperazine rings is 1. The van der Waals surface area contributed by atoms with Crippen LogP contribution in [0, 0.1) is 0 Å². The van der Waals surface area contributed by atoms with Crippen molar-refractivity contribution in [1.29, 1.82) is 0 Å². The number of nitrogens with zero attached hydrogens (tertiary/aromatic N) is 2. The van der Waals surface area contributed by atoms with Crippen LogP contribution < -0.4 is 4.90 Å². The van der Waals surface area contributed by atoms with Crippen LogP contribution in [0.5, 0.6) is 5.75 Å². The van der Waals surface area contributed by atoms with Gasteiger partial charge in [0.25, 0.3) is 5.91 Å². The number of carbonyl (C=O) groups is 2. The van der Waals surface area contributed by atoms with E-state index in [1.165, 1.54) is 17.0 Å². The number of anilines is 1. The number of carboxylic acid groups (broad SMARTS) is 1. The number of rotatable bonds is 2. The van der Waals surface area contributed by atoms with Gasteiger partial charge in [-0.25, -0.2) is 4.79 Å². The lowest BCUT2D eigenvalue weighted by molar-refractivity contribution is -0.152. The quantitative estimate of drug-likeness (QED) is 0.803. The molecule has 1 aromatic carbocycles. The Morgan fingerprint density at radius 2 is 1.76 bits per heavy atom. The lowest BCUT2D eigenvalue weighted by Crippen LogP contribution is -2.65. The Hall–Kier alpha value is -2.08. The Bertz CT molecular complexity index is 548. The monoisotopic (exact) mass is 292 g/mol. The number of amides is 1. The van der Waals surface area contributed by atoms with Crippen molar-refractivity contribution in [3.8, 4) is 5.75 Å². The number of benzene rings is 1. The van der Waals surface area contributed by atoms with Crippen molar-refractivity contribution in [3.63, 3.8) is 0 Å². The largest absolute Gasteiger partial charge is 0.508 e. The van der Waals surface area contributed by atoms with Crippen LogP contribution in [0.4, 0.5) is 5.69 Å². The van der Waals surface area contributed by atoms with Gasteiger partial charge in [-0.15, -0.1) is 0 Å². The fourth-order valence-electron chi connectivity index (χ4n) is 2.58. The third-order valence-electron chi connectivity index (χ3n) is 3.63. The molecule has 1 heterocycles. The second kappa shape index (κ2) is 5.37. The fraction of sp³-hybridized carbons (Fsp3) is 0.467. The zero-order chi connectivity index (χ0) is 15.8. The van der Waals surface area contributed by atoms with Crippen LogP contribution >= 0.6 is 0 Å². The first-order chi connectivity index (χ1) is 9.71. The molecule has 6 heteroatoms. The molecule has 6 nitrogen and oxygen atoms in total. The molecule has 1 amide bonds. The highest BCUT2D eigenvalue weighted by molar-refractivity contribution is 6.09. The van der Waals surface area contributed by atoms with Gasteiger partial charge in [-0.05, 0) is 45.0 Å². The van der Waals surface area contributed by atoms with Crippen LogP contribution in [0.15, 0.2) is 24.3 Å². The molecular weight excluding hydrogens is 272 g/mol. The smallest absolute Gasteiger partial charge is 0.330 e. The lowest BCUT2D eigenvalue weighted by Gasteiger charge is -2.45. The molecule has 2 rings (SSSR count). The van der Waals surface area contributed by atoms with Crippen molar-refractivity contribution in [2.75, 3.05) is 18.0 Å². The van der Waals surface area contributed by atoms with Gasteiger partial charge in [0, 0.05) is 24.3 Å². The van der Waals surface area contributed by atoms with E-state index in [0.29, 0.717) is 18.8 Å². The summed E-state index contributed by atoms with van der Waals surface area (Å²) < 4.78 is 0. The number of hydrogen-bond donors (Lipinski definition) is 2. The fourth-order valence-corrected chi connectivity index (χ4v) is 2.58. The number of phenolic OH excluding ortho intramolecular Hbond substituents is 1. The summed E-state index contributed by atoms with van der Waals surface area (Å²) >= 11 is 0. The van der Waals surface area contributed by atoms with Crippen molar-refractivity contribution in [2.24, 2.45) is 0 Å². The minimum Gasteiger partial charge on any atom is -0.508 e. The Labute approximate surface area is 123 Å². The molecule has 0 aromatic heterocycles. The molecule has 2 N–H and O–H groups in total. The number of carboxylic acids is 1. The van der Waals surface area contributed by atoms with E-state index in [2.05, 4.69) is 0 Å². The molecule has 1 aliphatic heterocycles. The molecule has 0 bridgehead atoms. The van der Waals surface area contributed by atoms with Crippen LogP contribution in [-0.4, -0.2) is 51.7 Å². The normalized spacial score (nSPS) is 20.6. The van der Waals surface area contributed by atoms with Crippen LogP contribution in [0.3, 0.4) is 0 Å². The van der Waals surface area contributed by atoms with E-state index in [9.17, 15) is 19.8 Å². The maximum absolute atomic E-state index is 12.6. The van der Waals surface area contributed by atoms with Gasteiger partial charge in [0.05, 0.1) is 0 Å². The van der Waals surface area contributed by atoms with Crippen LogP contribution in [0.25, 0.3) is 0 Å². The number of aromatic hydroxyl groups is 1. The third-order valence-corrected chi connectivity index (χ3v) is 3.63. The average molecular weight is 292 g/mol. The number of hydrogen-bond acceptors (Lipinski definition) is 4. The highest BCUT2D eigenvalue weighted by Crippen LogP contribution is 2.26. The SMILES string of the molecule is CC(C)(C)N1CCN(c2ccc(O)cc2)C(=O)C1C(=O)O. The summed E-state index contributed by atoms with van der Waals surface area (Å²) in [7, 11) is 0. The van der Waals surface area contributed by atoms with E-state index in [0.717, 1.165) is 0 Å². The molecule has 0 spiro atoms. The van der Waals surface area contributed by atoms with E-state index in [4.69, 9.17) is 0 Å². The van der Waals surface area contributed by atoms with E-state index in [-0.39, 0.29) is 5.75 Å². The Morgan fingerprint density at radius 3 is 2.24 bits per heavy atom. The number of aliphatic carboxylic acids is 1. The molecule has 21 heavy (non-hydrogen) atoms. The summed E-state index contributed by atoms with van der Waals surface area (Å²) in [5, 5.41) is 18.7. The Balaban J connectivity index is 2.32. The Morgan fingerprint density at radius 1 is 1.19 bits per heavy atom. The molecule has 1 atom stereocenters. The van der Waals surface area contributed by atoms with E-state index >= 15 is 0 Å². The van der Waals surface area contributed by atoms with Crippen LogP contribution in [-0.2, 0) is 9.59 Å². The topological polar surface area (TPSA) is 81.1 Å². The number of carbonyl (C=O) groups excluding carboxylic acids is 1. The first-order valence-electron chi connectivity index (χ1n) is 6.82. The molecule has 1 fully saturated rings. The van der Waals surface area contributed by atoms with E-state index < -0.39 is 23.5 Å². The van der Waals surface area contributed by atoms with Gasteiger partial charge < -0.3 is 15.1 Å². The molecule has 0 saturated carbocycles. The van der Waals surface area contributed by atoms with Crippen molar-refractivity contribution >= 4 is 17.6 Å². The summed E-state index contributed by atoms with van der Waals surface area (Å²) in [6, 6.07) is 4.99. The highest BCUT2D eigenvalue weighted by atomic mass is 16.4. The van der Waals surface area contributed by atoms with Crippen LogP contribution in [0.2, 0.25) is 0 Å². The molecule has 1 unspecified atom stereocenters. The lowest BCUT2D eigenvalue weighted by atomic mass is 9.99. The summed E-state index contributed by atoms with van der Waals surface area (Å²) in [5.74, 6) is -1.48. The van der Waals surface area contributed by atoms with Gasteiger partial charge in [0.15, 0.2) is 6.04 Å². The predicted octanol–water partition coefficient (Wildman–Crippen LogP) is 1.29. The minimum absolute atomic E-state index is 0.106. The Kier molecular flexibility index (Phi) is 3.91. The first-order valence-corrected chi connectivity index (χ1v) is 6.82. The van der Waals surface area contributed by atoms with E-state index in [1.54, 1.807) is 17.0 Å². The molecule has 0 aliphatic carbocycles. The standard InChI is InChI=1S/C15H20N2O4/c1-15(2,3)17-9-8-16(13(19)12(17)14(20)21)10-4-6-11(18)7-5-10/h4-7,12,18H,8-9H2,1-3H3,(H,20,21). The second-order valence-corrected chi connectivity index (χ2v) is 6.11. The summed E-state index contributed by atoms with van der Waals surface area (Å²) in [4.78, 5) is 27.2. The molecule has 1 aromatic rings. The van der Waals surface area contributed by atoms with Crippen molar-refractivity contribution in [2.45, 2.75) is 32.4 Å². The van der Waals surface area contributed by atoms with Gasteiger partial charge >= 0.3 is 5.97 Å². The van der Waals surface area contributed by atoms with Crippen molar-refractivity contribution in [3.05, 3.63) is 24.3 Å². The molecular formula is C15H20N2O4. The summed E-state index contributed by atoms with van der Waals surface area (Å²) in [5.41, 5.74) is 0.192. The molecule has 114 valence electrons. The van der Waals surface area contributed by atoms with Gasteiger partial charge in [-0.1, -0.05) is 0 Å².